The van der Waals surface area contributed by atoms with Gasteiger partial charge in [0.15, 0.2) is 11.6 Å². The van der Waals surface area contributed by atoms with Crippen molar-refractivity contribution in [1.82, 2.24) is 4.90 Å². The van der Waals surface area contributed by atoms with E-state index in [1.54, 1.807) is 0 Å². The molecule has 1 aromatic rings. The zero-order chi connectivity index (χ0) is 13.4. The van der Waals surface area contributed by atoms with E-state index in [4.69, 9.17) is 5.73 Å². The first-order valence-corrected chi connectivity index (χ1v) is 6.86. The number of halogens is 2. The molecule has 1 heterocycles. The van der Waals surface area contributed by atoms with Crippen LogP contribution >= 0.6 is 0 Å². The van der Waals surface area contributed by atoms with Crippen LogP contribution in [0.25, 0.3) is 0 Å². The van der Waals surface area contributed by atoms with Crippen LogP contribution in [-0.4, -0.2) is 37.6 Å². The predicted molar refractivity (Wildman–Crippen MR) is 72.1 cm³/mol. The zero-order valence-electron chi connectivity index (χ0n) is 10.9. The third kappa shape index (κ3) is 2.66. The summed E-state index contributed by atoms with van der Waals surface area (Å²) in [5.41, 5.74) is 6.33. The molecule has 1 aliphatic heterocycles. The van der Waals surface area contributed by atoms with Gasteiger partial charge in [0, 0.05) is 32.7 Å². The molecule has 0 atom stereocenters. The van der Waals surface area contributed by atoms with Crippen LogP contribution < -0.4 is 10.6 Å². The van der Waals surface area contributed by atoms with Crippen molar-refractivity contribution < 1.29 is 8.78 Å². The smallest absolute Gasteiger partial charge is 0.184 e. The number of anilines is 2. The maximum Gasteiger partial charge on any atom is 0.184 e. The predicted octanol–water partition coefficient (Wildman–Crippen LogP) is 2.08. The average molecular weight is 267 g/mol. The summed E-state index contributed by atoms with van der Waals surface area (Å²) in [7, 11) is 0. The number of piperazine rings is 1. The molecule has 0 unspecified atom stereocenters. The van der Waals surface area contributed by atoms with Gasteiger partial charge in [0.1, 0.15) is 0 Å². The first-order chi connectivity index (χ1) is 9.15. The second-order valence-electron chi connectivity index (χ2n) is 5.53. The van der Waals surface area contributed by atoms with E-state index < -0.39 is 11.6 Å². The highest BCUT2D eigenvalue weighted by Gasteiger charge is 2.28. The Kier molecular flexibility index (Phi) is 3.31. The fourth-order valence-corrected chi connectivity index (χ4v) is 2.70. The van der Waals surface area contributed by atoms with Crippen molar-refractivity contribution in [3.8, 4) is 0 Å². The lowest BCUT2D eigenvalue weighted by molar-refractivity contribution is 0.247. The lowest BCUT2D eigenvalue weighted by Crippen LogP contribution is -2.47. The van der Waals surface area contributed by atoms with Gasteiger partial charge in [0.05, 0.1) is 11.4 Å². The molecule has 2 aliphatic rings. The first-order valence-electron chi connectivity index (χ1n) is 6.86. The zero-order valence-corrected chi connectivity index (χ0v) is 10.9. The quantitative estimate of drug-likeness (QED) is 0.851. The van der Waals surface area contributed by atoms with Gasteiger partial charge >= 0.3 is 0 Å². The maximum atomic E-state index is 13.9. The third-order valence-corrected chi connectivity index (χ3v) is 4.00. The van der Waals surface area contributed by atoms with E-state index in [0.717, 1.165) is 31.6 Å². The van der Waals surface area contributed by atoms with Gasteiger partial charge in [-0.25, -0.2) is 8.78 Å². The summed E-state index contributed by atoms with van der Waals surface area (Å²) < 4.78 is 27.2. The van der Waals surface area contributed by atoms with Crippen LogP contribution in [0.5, 0.6) is 0 Å². The molecule has 1 saturated heterocycles. The number of hydrogen-bond acceptors (Lipinski definition) is 3. The summed E-state index contributed by atoms with van der Waals surface area (Å²) in [5.74, 6) is -0.789. The molecule has 2 N–H and O–H groups in total. The molecule has 1 saturated carbocycles. The van der Waals surface area contributed by atoms with Gasteiger partial charge in [0.2, 0.25) is 0 Å². The standard InChI is InChI=1S/C14H19F2N3/c15-11-3-4-12(17)14(13(11)16)19-7-5-18(6-8-19)9-10-1-2-10/h3-4,10H,1-2,5-9,17H2. The molecular weight excluding hydrogens is 248 g/mol. The lowest BCUT2D eigenvalue weighted by Gasteiger charge is -2.36. The van der Waals surface area contributed by atoms with Crippen molar-refractivity contribution in [1.29, 1.82) is 0 Å². The van der Waals surface area contributed by atoms with E-state index in [2.05, 4.69) is 4.90 Å². The van der Waals surface area contributed by atoms with Crippen LogP contribution in [0.2, 0.25) is 0 Å². The highest BCUT2D eigenvalue weighted by molar-refractivity contribution is 5.68. The Bertz CT molecular complexity index is 466. The van der Waals surface area contributed by atoms with E-state index in [9.17, 15) is 8.78 Å². The molecule has 0 aromatic heterocycles. The van der Waals surface area contributed by atoms with Crippen LogP contribution in [0.1, 0.15) is 12.8 Å². The van der Waals surface area contributed by atoms with Gasteiger partial charge in [-0.2, -0.15) is 0 Å². The minimum atomic E-state index is -0.829. The van der Waals surface area contributed by atoms with Crippen LogP contribution in [0.15, 0.2) is 12.1 Å². The average Bonchev–Trinajstić information content (AvgIpc) is 3.20. The highest BCUT2D eigenvalue weighted by Crippen LogP contribution is 2.32. The summed E-state index contributed by atoms with van der Waals surface area (Å²) in [4.78, 5) is 4.26. The number of nitrogen functional groups attached to an aromatic ring is 1. The molecule has 0 bridgehead atoms. The Labute approximate surface area is 112 Å². The normalized spacial score (nSPS) is 20.8. The number of benzene rings is 1. The van der Waals surface area contributed by atoms with Crippen LogP contribution in [0.3, 0.4) is 0 Å². The van der Waals surface area contributed by atoms with E-state index in [1.807, 2.05) is 4.90 Å². The van der Waals surface area contributed by atoms with Crippen molar-refractivity contribution in [2.75, 3.05) is 43.4 Å². The van der Waals surface area contributed by atoms with Crippen LogP contribution in [0, 0.1) is 17.6 Å². The largest absolute Gasteiger partial charge is 0.397 e. The van der Waals surface area contributed by atoms with E-state index in [1.165, 1.54) is 18.9 Å². The van der Waals surface area contributed by atoms with E-state index >= 15 is 0 Å². The molecule has 5 heteroatoms. The Morgan fingerprint density at radius 1 is 1.11 bits per heavy atom. The molecule has 3 nitrogen and oxygen atoms in total. The van der Waals surface area contributed by atoms with Crippen LogP contribution in [0.4, 0.5) is 20.2 Å². The highest BCUT2D eigenvalue weighted by atomic mass is 19.2. The van der Waals surface area contributed by atoms with E-state index in [0.29, 0.717) is 18.8 Å². The Balaban J connectivity index is 1.69. The molecule has 1 aromatic carbocycles. The minimum absolute atomic E-state index is 0.228. The summed E-state index contributed by atoms with van der Waals surface area (Å²) in [6.07, 6.45) is 2.68. The van der Waals surface area contributed by atoms with E-state index in [-0.39, 0.29) is 5.69 Å². The number of nitrogens with two attached hydrogens (primary N) is 1. The maximum absolute atomic E-state index is 13.9. The molecule has 3 rings (SSSR count). The SMILES string of the molecule is Nc1ccc(F)c(F)c1N1CCN(CC2CC2)CC1. The van der Waals surface area contributed by atoms with Gasteiger partial charge < -0.3 is 10.6 Å². The van der Waals surface area contributed by atoms with Crippen LogP contribution in [-0.2, 0) is 0 Å². The minimum Gasteiger partial charge on any atom is -0.397 e. The number of nitrogens with zero attached hydrogens (tertiary/aromatic N) is 2. The lowest BCUT2D eigenvalue weighted by atomic mass is 10.2. The summed E-state index contributed by atoms with van der Waals surface area (Å²) in [5, 5.41) is 0. The number of hydrogen-bond donors (Lipinski definition) is 1. The topological polar surface area (TPSA) is 32.5 Å². The first kappa shape index (κ1) is 12.7. The van der Waals surface area contributed by atoms with Gasteiger partial charge in [-0.3, -0.25) is 4.90 Å². The van der Waals surface area contributed by atoms with Gasteiger partial charge in [0.25, 0.3) is 0 Å². The Morgan fingerprint density at radius 2 is 1.79 bits per heavy atom. The molecule has 104 valence electrons. The molecule has 0 radical (unpaired) electrons. The molecule has 19 heavy (non-hydrogen) atoms. The molecule has 2 fully saturated rings. The molecule has 0 spiro atoms. The van der Waals surface area contributed by atoms with Crippen molar-refractivity contribution in [3.05, 3.63) is 23.8 Å². The van der Waals surface area contributed by atoms with Gasteiger partial charge in [-0.05, 0) is 30.9 Å². The summed E-state index contributed by atoms with van der Waals surface area (Å²) in [6, 6.07) is 2.52. The van der Waals surface area contributed by atoms with Gasteiger partial charge in [-0.1, -0.05) is 0 Å². The van der Waals surface area contributed by atoms with Crippen molar-refractivity contribution in [3.63, 3.8) is 0 Å². The third-order valence-electron chi connectivity index (χ3n) is 4.00. The summed E-state index contributed by atoms with van der Waals surface area (Å²) in [6.45, 7) is 4.35. The van der Waals surface area contributed by atoms with Crippen molar-refractivity contribution in [2.45, 2.75) is 12.8 Å². The monoisotopic (exact) mass is 267 g/mol. The Morgan fingerprint density at radius 3 is 2.42 bits per heavy atom. The number of rotatable bonds is 3. The van der Waals surface area contributed by atoms with Gasteiger partial charge in [-0.15, -0.1) is 0 Å². The summed E-state index contributed by atoms with van der Waals surface area (Å²) >= 11 is 0. The molecule has 1 aliphatic carbocycles. The van der Waals surface area contributed by atoms with Crippen molar-refractivity contribution >= 4 is 11.4 Å². The Hall–Kier alpha value is -1.36. The van der Waals surface area contributed by atoms with Crippen molar-refractivity contribution in [2.24, 2.45) is 5.92 Å². The fourth-order valence-electron chi connectivity index (χ4n) is 2.70. The molecular formula is C14H19F2N3. The molecule has 0 amide bonds. The second kappa shape index (κ2) is 4.96. The fraction of sp³-hybridized carbons (Fsp3) is 0.571. The second-order valence-corrected chi connectivity index (χ2v) is 5.53.